The number of benzene rings is 1. The molecule has 0 unspecified atom stereocenters. The monoisotopic (exact) mass is 293 g/mol. The number of aromatic nitrogens is 1. The van der Waals surface area contributed by atoms with Gasteiger partial charge < -0.3 is 15.2 Å². The molecule has 2 N–H and O–H groups in total. The fourth-order valence-corrected chi connectivity index (χ4v) is 1.96. The lowest BCUT2D eigenvalue weighted by atomic mass is 10.1. The van der Waals surface area contributed by atoms with Crippen LogP contribution in [0.5, 0.6) is 0 Å². The molecule has 1 atom stereocenters. The molecule has 0 bridgehead atoms. The summed E-state index contributed by atoms with van der Waals surface area (Å²) in [7, 11) is 1.90. The molecule has 0 saturated carbocycles. The first-order chi connectivity index (χ1) is 9.95. The third kappa shape index (κ3) is 4.05. The quantitative estimate of drug-likeness (QED) is 0.894. The van der Waals surface area contributed by atoms with Gasteiger partial charge in [-0.15, -0.1) is 0 Å². The molecule has 4 nitrogen and oxygen atoms in total. The van der Waals surface area contributed by atoms with Crippen molar-refractivity contribution >= 4 is 6.03 Å². The highest BCUT2D eigenvalue weighted by Gasteiger charge is 2.11. The van der Waals surface area contributed by atoms with E-state index in [9.17, 15) is 13.6 Å². The number of hydrogen-bond acceptors (Lipinski definition) is 1. The zero-order chi connectivity index (χ0) is 15.4. The molecule has 2 amide bonds. The molecule has 2 rings (SSSR count). The lowest BCUT2D eigenvalue weighted by Crippen LogP contribution is -2.36. The van der Waals surface area contributed by atoms with Crippen LogP contribution in [0.2, 0.25) is 0 Å². The van der Waals surface area contributed by atoms with E-state index in [2.05, 4.69) is 10.6 Å². The maximum absolute atomic E-state index is 13.1. The lowest BCUT2D eigenvalue weighted by Gasteiger charge is -2.15. The van der Waals surface area contributed by atoms with Gasteiger partial charge in [-0.25, -0.2) is 13.6 Å². The van der Waals surface area contributed by atoms with Crippen LogP contribution >= 0.6 is 0 Å². The second-order valence-electron chi connectivity index (χ2n) is 4.91. The third-order valence-corrected chi connectivity index (χ3v) is 3.14. The maximum atomic E-state index is 13.1. The predicted octanol–water partition coefficient (Wildman–Crippen LogP) is 2.86. The molecular weight excluding hydrogens is 276 g/mol. The number of nitrogens with one attached hydrogen (secondary N) is 2. The molecule has 0 aliphatic carbocycles. The van der Waals surface area contributed by atoms with Crippen LogP contribution in [0.4, 0.5) is 13.6 Å². The van der Waals surface area contributed by atoms with Crippen molar-refractivity contribution in [3.05, 3.63) is 59.4 Å². The highest BCUT2D eigenvalue weighted by atomic mass is 19.2. The number of nitrogens with zero attached hydrogens (tertiary/aromatic N) is 1. The molecule has 1 aromatic heterocycles. The highest BCUT2D eigenvalue weighted by molar-refractivity contribution is 5.74. The van der Waals surface area contributed by atoms with Crippen molar-refractivity contribution in [3.8, 4) is 0 Å². The van der Waals surface area contributed by atoms with Gasteiger partial charge in [-0.3, -0.25) is 0 Å². The van der Waals surface area contributed by atoms with E-state index in [4.69, 9.17) is 0 Å². The molecule has 6 heteroatoms. The summed E-state index contributed by atoms with van der Waals surface area (Å²) in [4.78, 5) is 11.8. The number of rotatable bonds is 4. The van der Waals surface area contributed by atoms with Gasteiger partial charge in [-0.1, -0.05) is 6.07 Å². The van der Waals surface area contributed by atoms with Crippen LogP contribution in [0, 0.1) is 11.6 Å². The number of urea groups is 1. The van der Waals surface area contributed by atoms with Crippen LogP contribution in [0.1, 0.15) is 24.1 Å². The van der Waals surface area contributed by atoms with Crippen molar-refractivity contribution in [2.24, 2.45) is 7.05 Å². The summed E-state index contributed by atoms with van der Waals surface area (Å²) in [5.74, 6) is -1.83. The summed E-state index contributed by atoms with van der Waals surface area (Å²) in [5, 5.41) is 5.38. The average Bonchev–Trinajstić information content (AvgIpc) is 2.85. The Morgan fingerprint density at radius 3 is 2.67 bits per heavy atom. The minimum atomic E-state index is -0.925. The molecule has 0 saturated heterocycles. The molecule has 21 heavy (non-hydrogen) atoms. The number of carbonyl (C=O) groups is 1. The van der Waals surface area contributed by atoms with Crippen LogP contribution < -0.4 is 10.6 Å². The topological polar surface area (TPSA) is 46.1 Å². The minimum Gasteiger partial charge on any atom is -0.357 e. The number of hydrogen-bond donors (Lipinski definition) is 2. The summed E-state index contributed by atoms with van der Waals surface area (Å²) in [6, 6.07) is 4.69. The molecule has 0 radical (unpaired) electrons. The predicted molar refractivity (Wildman–Crippen MR) is 75.6 cm³/mol. The molecule has 2 aromatic rings. The van der Waals surface area contributed by atoms with Gasteiger partial charge in [0.25, 0.3) is 0 Å². The van der Waals surface area contributed by atoms with Gasteiger partial charge in [0.2, 0.25) is 0 Å². The Kier molecular flexibility index (Phi) is 4.57. The van der Waals surface area contributed by atoms with Gasteiger partial charge in [0, 0.05) is 26.0 Å². The fourth-order valence-electron chi connectivity index (χ4n) is 1.96. The smallest absolute Gasteiger partial charge is 0.315 e. The van der Waals surface area contributed by atoms with Gasteiger partial charge >= 0.3 is 6.03 Å². The Balaban J connectivity index is 1.88. The molecule has 0 aliphatic rings. The molecule has 0 aliphatic heterocycles. The van der Waals surface area contributed by atoms with Crippen LogP contribution in [0.15, 0.2) is 36.7 Å². The normalized spacial score (nSPS) is 12.0. The van der Waals surface area contributed by atoms with Crippen LogP contribution in [-0.2, 0) is 13.6 Å². The van der Waals surface area contributed by atoms with E-state index < -0.39 is 17.7 Å². The average molecular weight is 293 g/mol. The van der Waals surface area contributed by atoms with Gasteiger partial charge in [0.15, 0.2) is 11.6 Å². The Labute approximate surface area is 121 Å². The van der Waals surface area contributed by atoms with E-state index in [-0.39, 0.29) is 6.03 Å². The molecule has 0 fully saturated rings. The first kappa shape index (κ1) is 15.0. The standard InChI is InChI=1S/C15H17F2N3O/c1-10(12-3-4-13(16)14(17)7-12)19-15(21)18-8-11-5-6-20(2)9-11/h3-7,9-10H,8H2,1-2H3,(H2,18,19,21)/t10-/m0/s1. The zero-order valence-electron chi connectivity index (χ0n) is 11.9. The Morgan fingerprint density at radius 2 is 2.05 bits per heavy atom. The van der Waals surface area contributed by atoms with E-state index in [0.717, 1.165) is 17.7 Å². The second kappa shape index (κ2) is 6.39. The van der Waals surface area contributed by atoms with Gasteiger partial charge in [0.1, 0.15) is 0 Å². The summed E-state index contributed by atoms with van der Waals surface area (Å²) in [6.45, 7) is 2.10. The second-order valence-corrected chi connectivity index (χ2v) is 4.91. The van der Waals surface area contributed by atoms with Crippen molar-refractivity contribution in [2.45, 2.75) is 19.5 Å². The SMILES string of the molecule is C[C@H](NC(=O)NCc1ccn(C)c1)c1ccc(F)c(F)c1. The number of halogens is 2. The first-order valence-corrected chi connectivity index (χ1v) is 6.56. The number of amides is 2. The van der Waals surface area contributed by atoms with E-state index in [1.54, 1.807) is 6.92 Å². The van der Waals surface area contributed by atoms with Gasteiger partial charge in [-0.05, 0) is 36.2 Å². The van der Waals surface area contributed by atoms with Gasteiger partial charge in [0.05, 0.1) is 6.04 Å². The molecule has 1 heterocycles. The minimum absolute atomic E-state index is 0.365. The summed E-state index contributed by atoms with van der Waals surface area (Å²) >= 11 is 0. The zero-order valence-corrected chi connectivity index (χ0v) is 11.9. The highest BCUT2D eigenvalue weighted by Crippen LogP contribution is 2.15. The largest absolute Gasteiger partial charge is 0.357 e. The van der Waals surface area contributed by atoms with Crippen LogP contribution in [0.25, 0.3) is 0 Å². The van der Waals surface area contributed by atoms with Crippen molar-refractivity contribution in [1.29, 1.82) is 0 Å². The van der Waals surface area contributed by atoms with Crippen LogP contribution in [0.3, 0.4) is 0 Å². The molecular formula is C15H17F2N3O. The first-order valence-electron chi connectivity index (χ1n) is 6.56. The summed E-state index contributed by atoms with van der Waals surface area (Å²) < 4.78 is 27.9. The summed E-state index contributed by atoms with van der Waals surface area (Å²) in [5.41, 5.74) is 1.48. The summed E-state index contributed by atoms with van der Waals surface area (Å²) in [6.07, 6.45) is 3.79. The fraction of sp³-hybridized carbons (Fsp3) is 0.267. The van der Waals surface area contributed by atoms with E-state index in [1.807, 2.05) is 30.1 Å². The van der Waals surface area contributed by atoms with Gasteiger partial charge in [-0.2, -0.15) is 0 Å². The van der Waals surface area contributed by atoms with Crippen molar-refractivity contribution < 1.29 is 13.6 Å². The lowest BCUT2D eigenvalue weighted by molar-refractivity contribution is 0.237. The number of carbonyl (C=O) groups excluding carboxylic acids is 1. The van der Waals surface area contributed by atoms with Crippen molar-refractivity contribution in [2.75, 3.05) is 0 Å². The van der Waals surface area contributed by atoms with E-state index in [0.29, 0.717) is 12.1 Å². The third-order valence-electron chi connectivity index (χ3n) is 3.14. The number of aryl methyl sites for hydroxylation is 1. The Bertz CT molecular complexity index is 640. The molecule has 112 valence electrons. The Morgan fingerprint density at radius 1 is 1.29 bits per heavy atom. The molecule has 0 spiro atoms. The maximum Gasteiger partial charge on any atom is 0.315 e. The van der Waals surface area contributed by atoms with Crippen molar-refractivity contribution in [3.63, 3.8) is 0 Å². The van der Waals surface area contributed by atoms with Crippen LogP contribution in [-0.4, -0.2) is 10.6 Å². The molecule has 1 aromatic carbocycles. The van der Waals surface area contributed by atoms with E-state index in [1.165, 1.54) is 6.07 Å². The van der Waals surface area contributed by atoms with Crippen molar-refractivity contribution in [1.82, 2.24) is 15.2 Å². The van der Waals surface area contributed by atoms with E-state index >= 15 is 0 Å². The Hall–Kier alpha value is -2.37.